The van der Waals surface area contributed by atoms with Gasteiger partial charge in [-0.15, -0.1) is 0 Å². The summed E-state index contributed by atoms with van der Waals surface area (Å²) in [4.78, 5) is 26.7. The van der Waals surface area contributed by atoms with Gasteiger partial charge >= 0.3 is 18.1 Å². The Morgan fingerprint density at radius 2 is 1.78 bits per heavy atom. The minimum Gasteiger partial charge on any atom is -0.493 e. The van der Waals surface area contributed by atoms with E-state index in [0.717, 1.165) is 5.69 Å². The van der Waals surface area contributed by atoms with Crippen molar-refractivity contribution in [2.24, 2.45) is 0 Å². The first kappa shape index (κ1) is 25.2. The van der Waals surface area contributed by atoms with Crippen LogP contribution < -0.4 is 19.3 Å². The summed E-state index contributed by atoms with van der Waals surface area (Å²) in [7, 11) is 0. The number of carboxylic acid groups (broad SMARTS) is 1. The third kappa shape index (κ3) is 4.79. The lowest BCUT2D eigenvalue weighted by atomic mass is 9.97. The second-order valence-corrected chi connectivity index (χ2v) is 9.69. The Kier molecular flexibility index (Phi) is 6.43. The molecule has 0 bridgehead atoms. The maximum atomic E-state index is 13.8. The molecule has 8 nitrogen and oxygen atoms in total. The van der Waals surface area contributed by atoms with Crippen LogP contribution in [0.2, 0.25) is 0 Å². The largest absolute Gasteiger partial charge is 0.493 e. The lowest BCUT2D eigenvalue weighted by Gasteiger charge is -2.37. The Morgan fingerprint density at radius 3 is 2.46 bits per heavy atom. The molecule has 0 spiro atoms. The van der Waals surface area contributed by atoms with Crippen LogP contribution in [0.3, 0.4) is 0 Å². The molecule has 1 fully saturated rings. The van der Waals surface area contributed by atoms with Crippen LogP contribution in [-0.2, 0) is 14.3 Å². The van der Waals surface area contributed by atoms with Crippen molar-refractivity contribution >= 4 is 23.3 Å². The standard InChI is InChI=1S/C26H27F3N2O6/c1-14-10-30(11-15(2)37-14)20-5-3-4-19-21(13-36-24(19)20)31(25(34)26(27,28)29)17-6-7-18-16(8-23(32)33)12-35-22(18)9-17/h3-7,9,14-16,21H,8,10-13H2,1-2H3,(H,32,33)/t14-,15+,16-,21-/m1/s1. The Bertz CT molecular complexity index is 1210. The lowest BCUT2D eigenvalue weighted by molar-refractivity contribution is -0.171. The number of fused-ring (bicyclic) bond motifs is 2. The molecule has 0 aliphatic carbocycles. The summed E-state index contributed by atoms with van der Waals surface area (Å²) >= 11 is 0. The van der Waals surface area contributed by atoms with Crippen molar-refractivity contribution in [1.29, 1.82) is 0 Å². The number of hydrogen-bond acceptors (Lipinski definition) is 6. The molecule has 3 heterocycles. The number of anilines is 2. The van der Waals surface area contributed by atoms with Crippen molar-refractivity contribution in [3.8, 4) is 11.5 Å². The molecule has 5 rings (SSSR count). The van der Waals surface area contributed by atoms with Gasteiger partial charge in [0.1, 0.15) is 18.1 Å². The number of carboxylic acids is 1. The van der Waals surface area contributed by atoms with Gasteiger partial charge in [0, 0.05) is 41.9 Å². The summed E-state index contributed by atoms with van der Waals surface area (Å²) in [6.07, 6.45) is -5.35. The third-order valence-corrected chi connectivity index (χ3v) is 6.88. The number of alkyl halides is 3. The number of aliphatic carboxylic acids is 1. The molecular formula is C26H27F3N2O6. The van der Waals surface area contributed by atoms with E-state index < -0.39 is 30.0 Å². The van der Waals surface area contributed by atoms with Crippen LogP contribution in [0.25, 0.3) is 0 Å². The fourth-order valence-electron chi connectivity index (χ4n) is 5.42. The van der Waals surface area contributed by atoms with Crippen LogP contribution in [0.5, 0.6) is 11.5 Å². The van der Waals surface area contributed by atoms with E-state index in [1.54, 1.807) is 12.1 Å². The summed E-state index contributed by atoms with van der Waals surface area (Å²) in [5.74, 6) is -2.71. The number of benzene rings is 2. The number of carbonyl (C=O) groups is 2. The van der Waals surface area contributed by atoms with Gasteiger partial charge in [0.2, 0.25) is 0 Å². The minimum absolute atomic E-state index is 0.00230. The summed E-state index contributed by atoms with van der Waals surface area (Å²) in [6.45, 7) is 5.06. The molecule has 1 amide bonds. The maximum absolute atomic E-state index is 13.8. The van der Waals surface area contributed by atoms with Gasteiger partial charge in [-0.05, 0) is 26.0 Å². The zero-order chi connectivity index (χ0) is 26.5. The topological polar surface area (TPSA) is 88.5 Å². The van der Waals surface area contributed by atoms with E-state index in [1.165, 1.54) is 18.2 Å². The predicted octanol–water partition coefficient (Wildman–Crippen LogP) is 4.28. The van der Waals surface area contributed by atoms with Crippen molar-refractivity contribution in [2.75, 3.05) is 36.1 Å². The van der Waals surface area contributed by atoms with Crippen molar-refractivity contribution in [3.05, 3.63) is 47.5 Å². The molecule has 0 unspecified atom stereocenters. The van der Waals surface area contributed by atoms with E-state index in [-0.39, 0.29) is 43.3 Å². The molecular weight excluding hydrogens is 493 g/mol. The van der Waals surface area contributed by atoms with Crippen LogP contribution in [0.15, 0.2) is 36.4 Å². The molecule has 2 aromatic carbocycles. The third-order valence-electron chi connectivity index (χ3n) is 6.88. The highest BCUT2D eigenvalue weighted by molar-refractivity contribution is 5.98. The number of nitrogens with zero attached hydrogens (tertiary/aromatic N) is 2. The molecule has 4 atom stereocenters. The van der Waals surface area contributed by atoms with Gasteiger partial charge in [-0.25, -0.2) is 0 Å². The molecule has 1 saturated heterocycles. The summed E-state index contributed by atoms with van der Waals surface area (Å²) < 4.78 is 58.7. The van der Waals surface area contributed by atoms with Crippen LogP contribution in [-0.4, -0.2) is 61.7 Å². The number of carbonyl (C=O) groups excluding carboxylic acids is 1. The first-order valence-corrected chi connectivity index (χ1v) is 12.1. The van der Waals surface area contributed by atoms with Gasteiger partial charge in [0.05, 0.1) is 37.0 Å². The second kappa shape index (κ2) is 9.44. The lowest BCUT2D eigenvalue weighted by Crippen LogP contribution is -2.45. The molecule has 0 aromatic heterocycles. The number of halogens is 3. The molecule has 37 heavy (non-hydrogen) atoms. The number of ether oxygens (including phenoxy) is 3. The number of morpholine rings is 1. The average Bonchev–Trinajstić information content (AvgIpc) is 3.42. The van der Waals surface area contributed by atoms with E-state index >= 15 is 0 Å². The van der Waals surface area contributed by atoms with Crippen molar-refractivity contribution < 1.29 is 42.1 Å². The number of amides is 1. The van der Waals surface area contributed by atoms with Gasteiger partial charge in [-0.2, -0.15) is 13.2 Å². The van der Waals surface area contributed by atoms with E-state index in [4.69, 9.17) is 19.3 Å². The fourth-order valence-corrected chi connectivity index (χ4v) is 5.42. The van der Waals surface area contributed by atoms with Crippen LogP contribution in [0, 0.1) is 0 Å². The molecule has 1 N–H and O–H groups in total. The van der Waals surface area contributed by atoms with Gasteiger partial charge in [-0.1, -0.05) is 18.2 Å². The van der Waals surface area contributed by atoms with Gasteiger partial charge in [0.25, 0.3) is 0 Å². The Balaban J connectivity index is 1.52. The highest BCUT2D eigenvalue weighted by atomic mass is 19.4. The van der Waals surface area contributed by atoms with Gasteiger partial charge in [0.15, 0.2) is 0 Å². The van der Waals surface area contributed by atoms with Crippen LogP contribution in [0.4, 0.5) is 24.5 Å². The quantitative estimate of drug-likeness (QED) is 0.630. The van der Waals surface area contributed by atoms with Crippen molar-refractivity contribution in [2.45, 2.75) is 50.6 Å². The van der Waals surface area contributed by atoms with Crippen molar-refractivity contribution in [1.82, 2.24) is 0 Å². The highest BCUT2D eigenvalue weighted by Gasteiger charge is 2.48. The van der Waals surface area contributed by atoms with Crippen LogP contribution in [0.1, 0.15) is 43.4 Å². The molecule has 3 aliphatic rings. The highest BCUT2D eigenvalue weighted by Crippen LogP contribution is 2.47. The minimum atomic E-state index is -5.12. The normalized spacial score (nSPS) is 24.6. The SMILES string of the molecule is C[C@@H]1CN(c2cccc3c2OC[C@H]3N(C(=O)C(F)(F)F)c2ccc3c(c2)OC[C@H]3CC(=O)O)C[C@H](C)O1. The zero-order valence-electron chi connectivity index (χ0n) is 20.3. The Labute approximate surface area is 211 Å². The Morgan fingerprint density at radius 1 is 1.05 bits per heavy atom. The number of para-hydroxylation sites is 1. The first-order chi connectivity index (χ1) is 17.5. The smallest absolute Gasteiger partial charge is 0.471 e. The number of rotatable bonds is 5. The zero-order valence-corrected chi connectivity index (χ0v) is 20.3. The monoisotopic (exact) mass is 520 g/mol. The van der Waals surface area contributed by atoms with E-state index in [2.05, 4.69) is 4.90 Å². The van der Waals surface area contributed by atoms with Crippen molar-refractivity contribution in [3.63, 3.8) is 0 Å². The summed E-state index contributed by atoms with van der Waals surface area (Å²) in [5.41, 5.74) is 1.81. The average molecular weight is 521 g/mol. The molecule has 3 aliphatic heterocycles. The first-order valence-electron chi connectivity index (χ1n) is 12.1. The fraction of sp³-hybridized carbons (Fsp3) is 0.462. The van der Waals surface area contributed by atoms with Gasteiger partial charge < -0.3 is 24.2 Å². The maximum Gasteiger partial charge on any atom is 0.471 e. The predicted molar refractivity (Wildman–Crippen MR) is 127 cm³/mol. The van der Waals surface area contributed by atoms with E-state index in [0.29, 0.717) is 34.9 Å². The molecule has 198 valence electrons. The summed E-state index contributed by atoms with van der Waals surface area (Å²) in [5, 5.41) is 9.13. The molecule has 0 saturated carbocycles. The molecule has 11 heteroatoms. The summed E-state index contributed by atoms with van der Waals surface area (Å²) in [6, 6.07) is 8.56. The van der Waals surface area contributed by atoms with E-state index in [1.807, 2.05) is 19.9 Å². The Hall–Kier alpha value is -3.47. The molecule has 0 radical (unpaired) electrons. The van der Waals surface area contributed by atoms with Gasteiger partial charge in [-0.3, -0.25) is 14.5 Å². The second-order valence-electron chi connectivity index (χ2n) is 9.69. The van der Waals surface area contributed by atoms with E-state index in [9.17, 15) is 22.8 Å². The number of hydrogen-bond donors (Lipinski definition) is 1. The van der Waals surface area contributed by atoms with Crippen LogP contribution >= 0.6 is 0 Å². The molecule has 2 aromatic rings.